The number of para-hydroxylation sites is 1. The van der Waals surface area contributed by atoms with E-state index in [2.05, 4.69) is 5.32 Å². The topological polar surface area (TPSA) is 38.3 Å². The van der Waals surface area contributed by atoms with E-state index < -0.39 is 6.10 Å². The monoisotopic (exact) mass is 249 g/mol. The largest absolute Gasteiger partial charge is 0.480 e. The van der Waals surface area contributed by atoms with Crippen molar-refractivity contribution in [3.8, 4) is 5.75 Å². The standard InChI is InChI=1S/C15H23NO2/c1-5-12(4)16-15(17)13(6-2)18-14-10-8-7-9-11(14)3/h7-10,12-13H,5-6H2,1-4H3,(H,16,17)/t12-,13-/m1/s1. The predicted molar refractivity (Wildman–Crippen MR) is 73.8 cm³/mol. The molecular formula is C15H23NO2. The molecule has 0 radical (unpaired) electrons. The van der Waals surface area contributed by atoms with Gasteiger partial charge in [0.2, 0.25) is 0 Å². The zero-order chi connectivity index (χ0) is 13.5. The number of benzene rings is 1. The second-order valence-corrected chi connectivity index (χ2v) is 4.60. The van der Waals surface area contributed by atoms with E-state index in [1.807, 2.05) is 52.0 Å². The zero-order valence-corrected chi connectivity index (χ0v) is 11.7. The third kappa shape index (κ3) is 4.06. The quantitative estimate of drug-likeness (QED) is 0.841. The molecule has 0 bridgehead atoms. The first-order valence-corrected chi connectivity index (χ1v) is 6.61. The molecule has 0 saturated heterocycles. The normalized spacial score (nSPS) is 13.8. The van der Waals surface area contributed by atoms with Crippen molar-refractivity contribution in [2.45, 2.75) is 52.7 Å². The van der Waals surface area contributed by atoms with Gasteiger partial charge in [0.1, 0.15) is 5.75 Å². The lowest BCUT2D eigenvalue weighted by Gasteiger charge is -2.20. The van der Waals surface area contributed by atoms with Gasteiger partial charge in [-0.1, -0.05) is 32.0 Å². The number of carbonyl (C=O) groups is 1. The van der Waals surface area contributed by atoms with Crippen molar-refractivity contribution in [3.05, 3.63) is 29.8 Å². The first kappa shape index (κ1) is 14.6. The van der Waals surface area contributed by atoms with Gasteiger partial charge in [0.15, 0.2) is 6.10 Å². The van der Waals surface area contributed by atoms with Crippen molar-refractivity contribution in [1.82, 2.24) is 5.32 Å². The number of hydrogen-bond acceptors (Lipinski definition) is 2. The zero-order valence-electron chi connectivity index (χ0n) is 11.7. The molecule has 1 amide bonds. The number of amides is 1. The van der Waals surface area contributed by atoms with Crippen molar-refractivity contribution in [2.75, 3.05) is 0 Å². The van der Waals surface area contributed by atoms with Gasteiger partial charge in [-0.2, -0.15) is 0 Å². The molecule has 2 atom stereocenters. The third-order valence-corrected chi connectivity index (χ3v) is 3.03. The molecule has 0 aliphatic carbocycles. The van der Waals surface area contributed by atoms with E-state index in [1.54, 1.807) is 0 Å². The Balaban J connectivity index is 2.67. The van der Waals surface area contributed by atoms with Crippen LogP contribution in [0.25, 0.3) is 0 Å². The molecule has 18 heavy (non-hydrogen) atoms. The molecule has 1 aromatic rings. The molecule has 0 aliphatic heterocycles. The number of carbonyl (C=O) groups excluding carboxylic acids is 1. The summed E-state index contributed by atoms with van der Waals surface area (Å²) in [4.78, 5) is 12.0. The molecule has 0 aromatic heterocycles. The van der Waals surface area contributed by atoms with Crippen LogP contribution in [0.15, 0.2) is 24.3 Å². The minimum atomic E-state index is -0.417. The van der Waals surface area contributed by atoms with E-state index in [9.17, 15) is 4.79 Å². The average molecular weight is 249 g/mol. The summed E-state index contributed by atoms with van der Waals surface area (Å²) < 4.78 is 5.79. The molecule has 1 aromatic carbocycles. The summed E-state index contributed by atoms with van der Waals surface area (Å²) in [5, 5.41) is 2.96. The molecule has 0 spiro atoms. The van der Waals surface area contributed by atoms with Gasteiger partial charge in [0, 0.05) is 6.04 Å². The minimum absolute atomic E-state index is 0.0323. The smallest absolute Gasteiger partial charge is 0.261 e. The van der Waals surface area contributed by atoms with Gasteiger partial charge in [0.05, 0.1) is 0 Å². The summed E-state index contributed by atoms with van der Waals surface area (Å²) in [6.07, 6.45) is 1.17. The summed E-state index contributed by atoms with van der Waals surface area (Å²) in [5.41, 5.74) is 1.05. The lowest BCUT2D eigenvalue weighted by Crippen LogP contribution is -2.42. The van der Waals surface area contributed by atoms with Crippen molar-refractivity contribution in [2.24, 2.45) is 0 Å². The average Bonchev–Trinajstić information content (AvgIpc) is 2.37. The van der Waals surface area contributed by atoms with Crippen LogP contribution >= 0.6 is 0 Å². The van der Waals surface area contributed by atoms with Crippen LogP contribution in [0.5, 0.6) is 5.75 Å². The molecule has 0 fully saturated rings. The Morgan fingerprint density at radius 1 is 1.28 bits per heavy atom. The highest BCUT2D eigenvalue weighted by molar-refractivity contribution is 5.81. The molecule has 100 valence electrons. The number of rotatable bonds is 6. The van der Waals surface area contributed by atoms with E-state index in [0.29, 0.717) is 6.42 Å². The van der Waals surface area contributed by atoms with Gasteiger partial charge >= 0.3 is 0 Å². The molecular weight excluding hydrogens is 226 g/mol. The van der Waals surface area contributed by atoms with E-state index in [0.717, 1.165) is 17.7 Å². The van der Waals surface area contributed by atoms with Gasteiger partial charge < -0.3 is 10.1 Å². The number of hydrogen-bond donors (Lipinski definition) is 1. The number of ether oxygens (including phenoxy) is 1. The van der Waals surface area contributed by atoms with Crippen LogP contribution in [0.2, 0.25) is 0 Å². The van der Waals surface area contributed by atoms with E-state index in [4.69, 9.17) is 4.74 Å². The molecule has 0 saturated carbocycles. The Morgan fingerprint density at radius 3 is 2.50 bits per heavy atom. The highest BCUT2D eigenvalue weighted by atomic mass is 16.5. The van der Waals surface area contributed by atoms with Crippen molar-refractivity contribution in [3.63, 3.8) is 0 Å². The highest BCUT2D eigenvalue weighted by Gasteiger charge is 2.19. The fourth-order valence-corrected chi connectivity index (χ4v) is 1.60. The Hall–Kier alpha value is -1.51. The second-order valence-electron chi connectivity index (χ2n) is 4.60. The molecule has 0 unspecified atom stereocenters. The van der Waals surface area contributed by atoms with Gasteiger partial charge in [-0.15, -0.1) is 0 Å². The molecule has 0 heterocycles. The summed E-state index contributed by atoms with van der Waals surface area (Å²) >= 11 is 0. The molecule has 3 nitrogen and oxygen atoms in total. The Morgan fingerprint density at radius 2 is 1.94 bits per heavy atom. The Bertz CT molecular complexity index is 390. The van der Waals surface area contributed by atoms with E-state index in [1.165, 1.54) is 0 Å². The van der Waals surface area contributed by atoms with E-state index in [-0.39, 0.29) is 11.9 Å². The fraction of sp³-hybridized carbons (Fsp3) is 0.533. The molecule has 1 rings (SSSR count). The highest BCUT2D eigenvalue weighted by Crippen LogP contribution is 2.18. The summed E-state index contributed by atoms with van der Waals surface area (Å²) in [6, 6.07) is 7.94. The maximum absolute atomic E-state index is 12.0. The van der Waals surface area contributed by atoms with Crippen LogP contribution < -0.4 is 10.1 Å². The third-order valence-electron chi connectivity index (χ3n) is 3.03. The number of nitrogens with one attached hydrogen (secondary N) is 1. The van der Waals surface area contributed by atoms with Crippen LogP contribution in [0.4, 0.5) is 0 Å². The fourth-order valence-electron chi connectivity index (χ4n) is 1.60. The van der Waals surface area contributed by atoms with E-state index >= 15 is 0 Å². The molecule has 0 aliphatic rings. The summed E-state index contributed by atoms with van der Waals surface area (Å²) in [5.74, 6) is 0.749. The second kappa shape index (κ2) is 7.04. The van der Waals surface area contributed by atoms with Crippen molar-refractivity contribution >= 4 is 5.91 Å². The predicted octanol–water partition coefficient (Wildman–Crippen LogP) is 3.07. The number of aryl methyl sites for hydroxylation is 1. The Kier molecular flexibility index (Phi) is 5.69. The van der Waals surface area contributed by atoms with Gasteiger partial charge in [0.25, 0.3) is 5.91 Å². The molecule has 3 heteroatoms. The van der Waals surface area contributed by atoms with Crippen LogP contribution in [0.1, 0.15) is 39.2 Å². The van der Waals surface area contributed by atoms with Crippen LogP contribution in [0.3, 0.4) is 0 Å². The molecule has 1 N–H and O–H groups in total. The summed E-state index contributed by atoms with van der Waals surface area (Å²) in [6.45, 7) is 7.99. The van der Waals surface area contributed by atoms with Crippen molar-refractivity contribution < 1.29 is 9.53 Å². The minimum Gasteiger partial charge on any atom is -0.480 e. The maximum Gasteiger partial charge on any atom is 0.261 e. The first-order chi connectivity index (χ1) is 8.58. The van der Waals surface area contributed by atoms with Crippen LogP contribution in [-0.2, 0) is 4.79 Å². The maximum atomic E-state index is 12.0. The SMILES string of the molecule is CC[C@@H](C)NC(=O)[C@@H](CC)Oc1ccccc1C. The lowest BCUT2D eigenvalue weighted by molar-refractivity contribution is -0.128. The lowest BCUT2D eigenvalue weighted by atomic mass is 10.2. The van der Waals surface area contributed by atoms with Gasteiger partial charge in [-0.25, -0.2) is 0 Å². The van der Waals surface area contributed by atoms with Crippen molar-refractivity contribution in [1.29, 1.82) is 0 Å². The van der Waals surface area contributed by atoms with Gasteiger partial charge in [-0.3, -0.25) is 4.79 Å². The first-order valence-electron chi connectivity index (χ1n) is 6.61. The summed E-state index contributed by atoms with van der Waals surface area (Å²) in [7, 11) is 0. The van der Waals surface area contributed by atoms with Crippen LogP contribution in [-0.4, -0.2) is 18.1 Å². The Labute approximate surface area is 110 Å². The van der Waals surface area contributed by atoms with Gasteiger partial charge in [-0.05, 0) is 38.3 Å². The van der Waals surface area contributed by atoms with Crippen LogP contribution in [0, 0.1) is 6.92 Å².